The second-order valence-corrected chi connectivity index (χ2v) is 13.0. The van der Waals surface area contributed by atoms with E-state index >= 15 is 4.39 Å². The van der Waals surface area contributed by atoms with Crippen LogP contribution in [0.25, 0.3) is 0 Å². The van der Waals surface area contributed by atoms with Crippen LogP contribution >= 0.6 is 0 Å². The van der Waals surface area contributed by atoms with Crippen molar-refractivity contribution in [3.63, 3.8) is 0 Å². The highest BCUT2D eigenvalue weighted by Gasteiger charge is 2.35. The average molecular weight is 630 g/mol. The van der Waals surface area contributed by atoms with Gasteiger partial charge in [-0.2, -0.15) is 0 Å². The van der Waals surface area contributed by atoms with Crippen LogP contribution in [0.2, 0.25) is 0 Å². The quantitative estimate of drug-likeness (QED) is 0.169. The Labute approximate surface area is 265 Å². The molecule has 0 aliphatic carbocycles. The zero-order chi connectivity index (χ0) is 32.4. The number of hydrogen-bond donors (Lipinski definition) is 1. The molecule has 4 aromatic rings. The van der Waals surface area contributed by atoms with Crippen molar-refractivity contribution in [1.29, 1.82) is 0 Å². The molecular weight excluding hydrogens is 589 g/mol. The fraction of sp³-hybridized carbons (Fsp3) is 0.278. The summed E-state index contributed by atoms with van der Waals surface area (Å²) in [6.07, 6.45) is 1.78. The second kappa shape index (κ2) is 15.5. The van der Waals surface area contributed by atoms with E-state index in [0.29, 0.717) is 12.2 Å². The smallest absolute Gasteiger partial charge is 0.264 e. The topological polar surface area (TPSA) is 86.8 Å². The molecule has 0 saturated heterocycles. The van der Waals surface area contributed by atoms with E-state index in [4.69, 9.17) is 0 Å². The molecule has 236 valence electrons. The number of rotatable bonds is 14. The molecule has 0 aromatic heterocycles. The van der Waals surface area contributed by atoms with Gasteiger partial charge in [0.15, 0.2) is 0 Å². The SMILES string of the molecule is CCCCNC(=O)[C@H](Cc1ccccc1)N(Cc1ccccc1F)C(=O)CN(c1cc(C)cc(C)c1)S(=O)(=O)c1ccccc1. The van der Waals surface area contributed by atoms with E-state index in [1.807, 2.05) is 57.2 Å². The van der Waals surface area contributed by atoms with Gasteiger partial charge in [0.2, 0.25) is 11.8 Å². The van der Waals surface area contributed by atoms with Crippen molar-refractivity contribution in [2.75, 3.05) is 17.4 Å². The van der Waals surface area contributed by atoms with Crippen molar-refractivity contribution in [2.45, 2.75) is 57.5 Å². The van der Waals surface area contributed by atoms with Gasteiger partial charge in [0.1, 0.15) is 18.4 Å². The van der Waals surface area contributed by atoms with Gasteiger partial charge in [-0.1, -0.05) is 86.1 Å². The second-order valence-electron chi connectivity index (χ2n) is 11.1. The van der Waals surface area contributed by atoms with E-state index in [0.717, 1.165) is 33.8 Å². The largest absolute Gasteiger partial charge is 0.354 e. The Morgan fingerprint density at radius 2 is 1.44 bits per heavy atom. The summed E-state index contributed by atoms with van der Waals surface area (Å²) in [6.45, 7) is 5.31. The first-order valence-corrected chi connectivity index (χ1v) is 16.5. The summed E-state index contributed by atoms with van der Waals surface area (Å²) < 4.78 is 44.3. The first-order valence-electron chi connectivity index (χ1n) is 15.1. The number of amides is 2. The first-order chi connectivity index (χ1) is 21.6. The fourth-order valence-electron chi connectivity index (χ4n) is 5.21. The summed E-state index contributed by atoms with van der Waals surface area (Å²) >= 11 is 0. The third kappa shape index (κ3) is 8.79. The number of unbranched alkanes of at least 4 members (excludes halogenated alkanes) is 1. The summed E-state index contributed by atoms with van der Waals surface area (Å²) in [5, 5.41) is 2.94. The maximum absolute atomic E-state index is 15.0. The third-order valence-electron chi connectivity index (χ3n) is 7.50. The van der Waals surface area contributed by atoms with E-state index in [1.54, 1.807) is 48.5 Å². The summed E-state index contributed by atoms with van der Waals surface area (Å²) in [4.78, 5) is 29.6. The summed E-state index contributed by atoms with van der Waals surface area (Å²) in [5.74, 6) is -1.55. The maximum atomic E-state index is 15.0. The molecule has 0 aliphatic rings. The molecule has 0 fully saturated rings. The lowest BCUT2D eigenvalue weighted by Gasteiger charge is -2.34. The fourth-order valence-corrected chi connectivity index (χ4v) is 6.63. The monoisotopic (exact) mass is 629 g/mol. The average Bonchev–Trinajstić information content (AvgIpc) is 3.02. The summed E-state index contributed by atoms with van der Waals surface area (Å²) in [5.41, 5.74) is 3.00. The number of nitrogens with one attached hydrogen (secondary N) is 1. The van der Waals surface area contributed by atoms with Crippen LogP contribution in [0.3, 0.4) is 0 Å². The maximum Gasteiger partial charge on any atom is 0.264 e. The van der Waals surface area contributed by atoms with Crippen molar-refractivity contribution >= 4 is 27.5 Å². The van der Waals surface area contributed by atoms with Crippen LogP contribution in [0.1, 0.15) is 42.0 Å². The van der Waals surface area contributed by atoms with E-state index < -0.39 is 34.3 Å². The molecular formula is C36H40FN3O4S. The zero-order valence-electron chi connectivity index (χ0n) is 25.9. The Morgan fingerprint density at radius 3 is 2.07 bits per heavy atom. The number of anilines is 1. The molecule has 1 atom stereocenters. The Hall–Kier alpha value is -4.50. The van der Waals surface area contributed by atoms with Crippen molar-refractivity contribution < 1.29 is 22.4 Å². The zero-order valence-corrected chi connectivity index (χ0v) is 26.8. The van der Waals surface area contributed by atoms with Gasteiger partial charge in [-0.3, -0.25) is 13.9 Å². The van der Waals surface area contributed by atoms with Gasteiger partial charge < -0.3 is 10.2 Å². The van der Waals surface area contributed by atoms with Gasteiger partial charge in [-0.05, 0) is 67.3 Å². The van der Waals surface area contributed by atoms with E-state index in [1.165, 1.54) is 23.1 Å². The lowest BCUT2D eigenvalue weighted by Crippen LogP contribution is -2.53. The molecule has 0 saturated carbocycles. The predicted octanol–water partition coefficient (Wildman–Crippen LogP) is 6.19. The molecule has 7 nitrogen and oxygen atoms in total. The molecule has 2 amide bonds. The van der Waals surface area contributed by atoms with E-state index in [-0.39, 0.29) is 29.3 Å². The Morgan fingerprint density at radius 1 is 0.844 bits per heavy atom. The number of halogens is 1. The van der Waals surface area contributed by atoms with Crippen LogP contribution in [0.4, 0.5) is 10.1 Å². The number of carbonyl (C=O) groups excluding carboxylic acids is 2. The van der Waals surface area contributed by atoms with Crippen LogP contribution in [0.5, 0.6) is 0 Å². The highest BCUT2D eigenvalue weighted by molar-refractivity contribution is 7.92. The minimum absolute atomic E-state index is 0.0238. The predicted molar refractivity (Wildman–Crippen MR) is 176 cm³/mol. The minimum Gasteiger partial charge on any atom is -0.354 e. The van der Waals surface area contributed by atoms with Gasteiger partial charge in [0, 0.05) is 25.1 Å². The third-order valence-corrected chi connectivity index (χ3v) is 9.29. The normalized spacial score (nSPS) is 11.9. The van der Waals surface area contributed by atoms with Crippen LogP contribution in [0, 0.1) is 19.7 Å². The molecule has 0 aliphatic heterocycles. The highest BCUT2D eigenvalue weighted by Crippen LogP contribution is 2.27. The van der Waals surface area contributed by atoms with Gasteiger partial charge in [-0.15, -0.1) is 0 Å². The number of aryl methyl sites for hydroxylation is 2. The first kappa shape index (κ1) is 33.4. The van der Waals surface area contributed by atoms with Gasteiger partial charge >= 0.3 is 0 Å². The standard InChI is InChI=1S/C36H40FN3O4S/c1-4-5-20-38-36(42)34(24-29-14-8-6-9-15-29)39(25-30-16-12-13-19-33(30)37)35(41)26-40(31-22-27(2)21-28(3)23-31)45(43,44)32-17-10-7-11-18-32/h6-19,21-23,34H,4-5,20,24-26H2,1-3H3,(H,38,42)/t34-/m0/s1. The van der Waals surface area contributed by atoms with Crippen molar-refractivity contribution in [3.8, 4) is 0 Å². The Kier molecular flexibility index (Phi) is 11.5. The van der Waals surface area contributed by atoms with Gasteiger partial charge in [-0.25, -0.2) is 12.8 Å². The minimum atomic E-state index is -4.21. The summed E-state index contributed by atoms with van der Waals surface area (Å²) in [7, 11) is -4.21. The van der Waals surface area contributed by atoms with Crippen LogP contribution < -0.4 is 9.62 Å². The molecule has 0 heterocycles. The molecule has 0 spiro atoms. The molecule has 4 aromatic carbocycles. The van der Waals surface area contributed by atoms with Crippen LogP contribution in [0.15, 0.2) is 108 Å². The number of hydrogen-bond acceptors (Lipinski definition) is 4. The molecule has 4 rings (SSSR count). The lowest BCUT2D eigenvalue weighted by molar-refractivity contribution is -0.140. The Bertz CT molecular complexity index is 1680. The number of sulfonamides is 1. The lowest BCUT2D eigenvalue weighted by atomic mass is 10.0. The number of nitrogens with zero attached hydrogens (tertiary/aromatic N) is 2. The summed E-state index contributed by atoms with van der Waals surface area (Å²) in [6, 6.07) is 27.6. The van der Waals surface area contributed by atoms with Crippen molar-refractivity contribution in [1.82, 2.24) is 10.2 Å². The number of benzene rings is 4. The molecule has 1 N–H and O–H groups in total. The highest BCUT2D eigenvalue weighted by atomic mass is 32.2. The molecule has 45 heavy (non-hydrogen) atoms. The number of carbonyl (C=O) groups is 2. The van der Waals surface area contributed by atoms with Crippen molar-refractivity contribution in [3.05, 3.63) is 131 Å². The van der Waals surface area contributed by atoms with Crippen LogP contribution in [-0.2, 0) is 32.6 Å². The van der Waals surface area contributed by atoms with Crippen LogP contribution in [-0.4, -0.2) is 44.3 Å². The molecule has 0 radical (unpaired) electrons. The van der Waals surface area contributed by atoms with Gasteiger partial charge in [0.25, 0.3) is 10.0 Å². The molecule has 0 unspecified atom stereocenters. The molecule has 9 heteroatoms. The van der Waals surface area contributed by atoms with Gasteiger partial charge in [0.05, 0.1) is 10.6 Å². The Balaban J connectivity index is 1.81. The van der Waals surface area contributed by atoms with Crippen molar-refractivity contribution in [2.24, 2.45) is 0 Å². The van der Waals surface area contributed by atoms with E-state index in [9.17, 15) is 18.0 Å². The van der Waals surface area contributed by atoms with E-state index in [2.05, 4.69) is 5.32 Å². The molecule has 0 bridgehead atoms.